The summed E-state index contributed by atoms with van der Waals surface area (Å²) in [6.45, 7) is 4.91. The van der Waals surface area contributed by atoms with Crippen LogP contribution in [0.15, 0.2) is 0 Å². The Bertz CT molecular complexity index is 469. The minimum absolute atomic E-state index is 0.0673. The van der Waals surface area contributed by atoms with Gasteiger partial charge in [-0.3, -0.25) is 5.32 Å². The van der Waals surface area contributed by atoms with E-state index in [1.165, 1.54) is 4.88 Å². The molecular weight excluding hydrogens is 274 g/mol. The number of aliphatic hydroxyl groups is 1. The third-order valence-electron chi connectivity index (χ3n) is 3.72. The first kappa shape index (κ1) is 15.3. The molecule has 1 saturated carbocycles. The van der Waals surface area contributed by atoms with Crippen molar-refractivity contribution in [1.29, 1.82) is 0 Å². The number of amides is 2. The highest BCUT2D eigenvalue weighted by atomic mass is 32.1. The average Bonchev–Trinajstić information content (AvgIpc) is 3.13. The average molecular weight is 297 g/mol. The van der Waals surface area contributed by atoms with Gasteiger partial charge in [0.05, 0.1) is 12.3 Å². The van der Waals surface area contributed by atoms with Crippen LogP contribution in [0.4, 0.5) is 9.93 Å². The van der Waals surface area contributed by atoms with Gasteiger partial charge in [0, 0.05) is 16.8 Å². The van der Waals surface area contributed by atoms with Crippen LogP contribution in [0.5, 0.6) is 0 Å². The van der Waals surface area contributed by atoms with Crippen molar-refractivity contribution in [1.82, 2.24) is 10.3 Å². The predicted octanol–water partition coefficient (Wildman–Crippen LogP) is 2.55. The van der Waals surface area contributed by atoms with E-state index >= 15 is 0 Å². The smallest absolute Gasteiger partial charge is 0.321 e. The van der Waals surface area contributed by atoms with Gasteiger partial charge in [0.1, 0.15) is 0 Å². The number of thiazole rings is 1. The van der Waals surface area contributed by atoms with E-state index < -0.39 is 0 Å². The first-order valence-electron chi connectivity index (χ1n) is 7.26. The molecule has 1 aromatic heterocycles. The lowest BCUT2D eigenvalue weighted by molar-refractivity contribution is 0.206. The molecule has 0 aromatic carbocycles. The Balaban J connectivity index is 1.87. The molecular formula is C14H23N3O2S. The number of rotatable bonds is 7. The highest BCUT2D eigenvalue weighted by Crippen LogP contribution is 2.44. The molecule has 1 aromatic rings. The zero-order valence-corrected chi connectivity index (χ0v) is 13.0. The number of hydrogen-bond donors (Lipinski definition) is 3. The highest BCUT2D eigenvalue weighted by molar-refractivity contribution is 7.15. The molecule has 2 rings (SSSR count). The summed E-state index contributed by atoms with van der Waals surface area (Å²) in [6, 6.07) is -0.232. The van der Waals surface area contributed by atoms with Crippen molar-refractivity contribution in [3.05, 3.63) is 10.6 Å². The second-order valence-corrected chi connectivity index (χ2v) is 6.54. The fraction of sp³-hybridized carbons (Fsp3) is 0.714. The van der Waals surface area contributed by atoms with E-state index in [0.29, 0.717) is 11.7 Å². The van der Waals surface area contributed by atoms with Crippen molar-refractivity contribution < 1.29 is 9.90 Å². The number of aromatic nitrogens is 1. The van der Waals surface area contributed by atoms with Crippen molar-refractivity contribution in [3.8, 4) is 0 Å². The van der Waals surface area contributed by atoms with Gasteiger partial charge in [0.25, 0.3) is 0 Å². The van der Waals surface area contributed by atoms with E-state index in [-0.39, 0.29) is 18.1 Å². The Labute approximate surface area is 123 Å². The molecule has 0 bridgehead atoms. The van der Waals surface area contributed by atoms with Crippen molar-refractivity contribution in [2.45, 2.75) is 46.0 Å². The molecule has 1 aliphatic carbocycles. The largest absolute Gasteiger partial charge is 0.396 e. The van der Waals surface area contributed by atoms with Crippen molar-refractivity contribution in [2.75, 3.05) is 18.5 Å². The molecule has 5 nitrogen and oxygen atoms in total. The van der Waals surface area contributed by atoms with E-state index in [1.54, 1.807) is 11.3 Å². The monoisotopic (exact) mass is 297 g/mol. The lowest BCUT2D eigenvalue weighted by atomic mass is 10.1. The summed E-state index contributed by atoms with van der Waals surface area (Å²) in [7, 11) is 0. The van der Waals surface area contributed by atoms with Crippen LogP contribution >= 0.6 is 11.3 Å². The standard InChI is InChI=1S/C14H23N3O2S/c1-3-5-10-11(4-2)20-13(16-10)17-12(19)15-8-14(9-18)6-7-14/h18H,3-9H2,1-2H3,(H2,15,16,17,19). The molecule has 0 radical (unpaired) electrons. The molecule has 1 fully saturated rings. The molecule has 1 aliphatic rings. The maximum Gasteiger partial charge on any atom is 0.321 e. The molecule has 2 amide bonds. The first-order chi connectivity index (χ1) is 9.62. The summed E-state index contributed by atoms with van der Waals surface area (Å²) >= 11 is 1.55. The number of carbonyl (C=O) groups is 1. The fourth-order valence-corrected chi connectivity index (χ4v) is 3.06. The molecule has 0 unspecified atom stereocenters. The SMILES string of the molecule is CCCc1nc(NC(=O)NCC2(CO)CC2)sc1CC. The number of hydrogen-bond acceptors (Lipinski definition) is 4. The summed E-state index contributed by atoms with van der Waals surface area (Å²) in [5.41, 5.74) is 1.03. The number of nitrogens with zero attached hydrogens (tertiary/aromatic N) is 1. The van der Waals surface area contributed by atoms with Crippen LogP contribution in [0.3, 0.4) is 0 Å². The Kier molecular flexibility index (Phi) is 4.99. The van der Waals surface area contributed by atoms with E-state index in [0.717, 1.165) is 37.8 Å². The van der Waals surface area contributed by atoms with E-state index in [1.807, 2.05) is 0 Å². The van der Waals surface area contributed by atoms with Crippen LogP contribution in [0.25, 0.3) is 0 Å². The van der Waals surface area contributed by atoms with Gasteiger partial charge in [-0.2, -0.15) is 0 Å². The minimum atomic E-state index is -0.232. The lowest BCUT2D eigenvalue weighted by Gasteiger charge is -2.12. The first-order valence-corrected chi connectivity index (χ1v) is 8.08. The number of aryl methyl sites for hydroxylation is 2. The van der Waals surface area contributed by atoms with Crippen LogP contribution in [0.2, 0.25) is 0 Å². The third kappa shape index (κ3) is 3.70. The molecule has 112 valence electrons. The van der Waals surface area contributed by atoms with Gasteiger partial charge in [0.15, 0.2) is 5.13 Å². The highest BCUT2D eigenvalue weighted by Gasteiger charge is 2.42. The molecule has 6 heteroatoms. The maximum absolute atomic E-state index is 11.8. The van der Waals surface area contributed by atoms with Crippen LogP contribution in [0.1, 0.15) is 43.7 Å². The van der Waals surface area contributed by atoms with Crippen molar-refractivity contribution in [2.24, 2.45) is 5.41 Å². The van der Waals surface area contributed by atoms with Crippen LogP contribution in [0, 0.1) is 5.41 Å². The third-order valence-corrected chi connectivity index (χ3v) is 4.88. The summed E-state index contributed by atoms with van der Waals surface area (Å²) < 4.78 is 0. The quantitative estimate of drug-likeness (QED) is 0.724. The number of carbonyl (C=O) groups excluding carboxylic acids is 1. The summed E-state index contributed by atoms with van der Waals surface area (Å²) in [4.78, 5) is 17.6. The minimum Gasteiger partial charge on any atom is -0.396 e. The molecule has 0 spiro atoms. The topological polar surface area (TPSA) is 74.2 Å². The van der Waals surface area contributed by atoms with Crippen LogP contribution in [-0.4, -0.2) is 29.3 Å². The molecule has 0 aliphatic heterocycles. The van der Waals surface area contributed by atoms with E-state index in [9.17, 15) is 9.90 Å². The molecule has 0 saturated heterocycles. The van der Waals surface area contributed by atoms with Gasteiger partial charge in [-0.05, 0) is 25.7 Å². The van der Waals surface area contributed by atoms with Crippen molar-refractivity contribution >= 4 is 22.5 Å². The normalized spacial score (nSPS) is 15.9. The molecule has 3 N–H and O–H groups in total. The van der Waals surface area contributed by atoms with Gasteiger partial charge in [-0.15, -0.1) is 11.3 Å². The van der Waals surface area contributed by atoms with E-state index in [4.69, 9.17) is 0 Å². The predicted molar refractivity (Wildman–Crippen MR) is 81.3 cm³/mol. The zero-order valence-electron chi connectivity index (χ0n) is 12.2. The van der Waals surface area contributed by atoms with Crippen LogP contribution in [-0.2, 0) is 12.8 Å². The molecule has 0 atom stereocenters. The number of nitrogens with one attached hydrogen (secondary N) is 2. The number of aliphatic hydroxyl groups excluding tert-OH is 1. The van der Waals surface area contributed by atoms with E-state index in [2.05, 4.69) is 29.5 Å². The Hall–Kier alpha value is -1.14. The second kappa shape index (κ2) is 6.54. The Morgan fingerprint density at radius 2 is 2.20 bits per heavy atom. The summed E-state index contributed by atoms with van der Waals surface area (Å²) in [5, 5.41) is 15.5. The molecule has 1 heterocycles. The van der Waals surface area contributed by atoms with Gasteiger partial charge in [-0.25, -0.2) is 9.78 Å². The fourth-order valence-electron chi connectivity index (χ4n) is 2.12. The Morgan fingerprint density at radius 3 is 2.75 bits per heavy atom. The Morgan fingerprint density at radius 1 is 1.45 bits per heavy atom. The van der Waals surface area contributed by atoms with Gasteiger partial charge in [0.2, 0.25) is 0 Å². The molecule has 20 heavy (non-hydrogen) atoms. The summed E-state index contributed by atoms with van der Waals surface area (Å²) in [5.74, 6) is 0. The second-order valence-electron chi connectivity index (χ2n) is 5.46. The summed E-state index contributed by atoms with van der Waals surface area (Å²) in [6.07, 6.45) is 4.94. The number of anilines is 1. The van der Waals surface area contributed by atoms with Crippen LogP contribution < -0.4 is 10.6 Å². The zero-order chi connectivity index (χ0) is 14.6. The van der Waals surface area contributed by atoms with Crippen molar-refractivity contribution in [3.63, 3.8) is 0 Å². The van der Waals surface area contributed by atoms with Gasteiger partial charge in [-0.1, -0.05) is 20.3 Å². The van der Waals surface area contributed by atoms with Gasteiger partial charge < -0.3 is 10.4 Å². The van der Waals surface area contributed by atoms with Gasteiger partial charge >= 0.3 is 6.03 Å². The lowest BCUT2D eigenvalue weighted by Crippen LogP contribution is -2.35. The maximum atomic E-state index is 11.8. The number of urea groups is 1.